The van der Waals surface area contributed by atoms with Crippen molar-refractivity contribution in [1.82, 2.24) is 15.1 Å². The van der Waals surface area contributed by atoms with Crippen molar-refractivity contribution in [2.45, 2.75) is 56.7 Å². The molecular weight excluding hydrogens is 266 g/mol. The third-order valence-corrected chi connectivity index (χ3v) is 4.92. The lowest BCUT2D eigenvalue weighted by atomic mass is 9.96. The van der Waals surface area contributed by atoms with Gasteiger partial charge in [0, 0.05) is 25.2 Å². The summed E-state index contributed by atoms with van der Waals surface area (Å²) in [6.45, 7) is 5.23. The summed E-state index contributed by atoms with van der Waals surface area (Å²) in [5.74, 6) is -0.136. The van der Waals surface area contributed by atoms with E-state index >= 15 is 0 Å². The number of nitrogens with one attached hydrogen (secondary N) is 1. The van der Waals surface area contributed by atoms with Gasteiger partial charge in [0.25, 0.3) is 0 Å². The first-order valence-corrected chi connectivity index (χ1v) is 8.19. The van der Waals surface area contributed by atoms with E-state index in [9.17, 15) is 4.79 Å². The number of ether oxygens (including phenoxy) is 1. The monoisotopic (exact) mass is 297 g/mol. The molecule has 2 aliphatic rings. The van der Waals surface area contributed by atoms with E-state index in [0.717, 1.165) is 19.5 Å². The van der Waals surface area contributed by atoms with Crippen LogP contribution in [0.5, 0.6) is 0 Å². The molecule has 0 radical (unpaired) electrons. The second-order valence-electron chi connectivity index (χ2n) is 7.03. The Morgan fingerprint density at radius 1 is 1.43 bits per heavy atom. The van der Waals surface area contributed by atoms with Crippen LogP contribution in [0.15, 0.2) is 0 Å². The van der Waals surface area contributed by atoms with E-state index in [-0.39, 0.29) is 5.97 Å². The highest BCUT2D eigenvalue weighted by Crippen LogP contribution is 2.25. The minimum atomic E-state index is -0.551. The van der Waals surface area contributed by atoms with Crippen molar-refractivity contribution in [3.05, 3.63) is 0 Å². The van der Waals surface area contributed by atoms with Gasteiger partial charge in [0.15, 0.2) is 0 Å². The highest BCUT2D eigenvalue weighted by atomic mass is 16.5. The van der Waals surface area contributed by atoms with E-state index in [1.807, 2.05) is 6.92 Å². The van der Waals surface area contributed by atoms with Gasteiger partial charge in [-0.3, -0.25) is 10.1 Å². The Morgan fingerprint density at radius 3 is 2.71 bits per heavy atom. The molecule has 5 heteroatoms. The van der Waals surface area contributed by atoms with Crippen LogP contribution < -0.4 is 5.32 Å². The van der Waals surface area contributed by atoms with Crippen LogP contribution in [0.2, 0.25) is 0 Å². The van der Waals surface area contributed by atoms with E-state index in [0.29, 0.717) is 12.1 Å². The SMILES string of the molecule is COC(=O)C(C)(CCN(C)C1CCCN(C)C1)NC1CC1. The summed E-state index contributed by atoms with van der Waals surface area (Å²) in [6.07, 6.45) is 5.67. The molecule has 2 unspecified atom stereocenters. The van der Waals surface area contributed by atoms with Crippen LogP contribution in [0.3, 0.4) is 0 Å². The Kier molecular flexibility index (Phi) is 5.63. The summed E-state index contributed by atoms with van der Waals surface area (Å²) in [7, 11) is 5.85. The molecule has 1 saturated carbocycles. The van der Waals surface area contributed by atoms with Crippen molar-refractivity contribution < 1.29 is 9.53 Å². The summed E-state index contributed by atoms with van der Waals surface area (Å²) in [5.41, 5.74) is -0.551. The zero-order valence-electron chi connectivity index (χ0n) is 14.0. The molecule has 2 fully saturated rings. The van der Waals surface area contributed by atoms with E-state index < -0.39 is 5.54 Å². The molecule has 1 aliphatic carbocycles. The van der Waals surface area contributed by atoms with Gasteiger partial charge in [-0.05, 0) is 59.7 Å². The summed E-state index contributed by atoms with van der Waals surface area (Å²) in [5, 5.41) is 3.47. The Labute approximate surface area is 129 Å². The van der Waals surface area contributed by atoms with Crippen LogP contribution >= 0.6 is 0 Å². The number of hydrogen-bond donors (Lipinski definition) is 1. The molecule has 0 bridgehead atoms. The lowest BCUT2D eigenvalue weighted by molar-refractivity contribution is -0.148. The first kappa shape index (κ1) is 16.7. The fraction of sp³-hybridized carbons (Fsp3) is 0.938. The number of nitrogens with zero attached hydrogens (tertiary/aromatic N) is 2. The zero-order valence-corrected chi connectivity index (χ0v) is 14.0. The molecule has 2 atom stereocenters. The zero-order chi connectivity index (χ0) is 15.5. The van der Waals surface area contributed by atoms with Crippen molar-refractivity contribution in [2.24, 2.45) is 0 Å². The number of piperidine rings is 1. The standard InChI is InChI=1S/C16H31N3O2/c1-16(15(20)21-4,17-13-7-8-13)9-11-19(3)14-6-5-10-18(2)12-14/h13-14,17H,5-12H2,1-4H3. The van der Waals surface area contributed by atoms with Crippen molar-refractivity contribution in [3.63, 3.8) is 0 Å². The van der Waals surface area contributed by atoms with Crippen LogP contribution in [0.4, 0.5) is 0 Å². The minimum absolute atomic E-state index is 0.136. The number of hydrogen-bond acceptors (Lipinski definition) is 5. The van der Waals surface area contributed by atoms with E-state index in [2.05, 4.69) is 29.2 Å². The predicted molar refractivity (Wildman–Crippen MR) is 84.3 cm³/mol. The Balaban J connectivity index is 1.86. The average Bonchev–Trinajstić information content (AvgIpc) is 3.27. The molecule has 1 aliphatic heterocycles. The Hall–Kier alpha value is -0.650. The minimum Gasteiger partial charge on any atom is -0.468 e. The van der Waals surface area contributed by atoms with E-state index in [1.54, 1.807) is 0 Å². The maximum absolute atomic E-state index is 12.1. The van der Waals surface area contributed by atoms with Gasteiger partial charge in [-0.1, -0.05) is 0 Å². The maximum atomic E-state index is 12.1. The fourth-order valence-corrected chi connectivity index (χ4v) is 3.22. The van der Waals surface area contributed by atoms with Gasteiger partial charge in [0.2, 0.25) is 0 Å². The molecule has 21 heavy (non-hydrogen) atoms. The number of methoxy groups -OCH3 is 1. The molecule has 1 heterocycles. The number of carbonyl (C=O) groups excluding carboxylic acids is 1. The van der Waals surface area contributed by atoms with Gasteiger partial charge in [-0.25, -0.2) is 0 Å². The molecule has 2 rings (SSSR count). The van der Waals surface area contributed by atoms with Crippen LogP contribution in [0.25, 0.3) is 0 Å². The third-order valence-electron chi connectivity index (χ3n) is 4.92. The van der Waals surface area contributed by atoms with Crippen LogP contribution in [-0.2, 0) is 9.53 Å². The lowest BCUT2D eigenvalue weighted by Gasteiger charge is -2.37. The Bertz CT molecular complexity index is 359. The molecular formula is C16H31N3O2. The molecule has 5 nitrogen and oxygen atoms in total. The number of likely N-dealkylation sites (N-methyl/N-ethyl adjacent to an activating group) is 2. The van der Waals surface area contributed by atoms with Crippen LogP contribution in [-0.4, -0.2) is 74.2 Å². The molecule has 0 aromatic rings. The number of rotatable bonds is 7. The van der Waals surface area contributed by atoms with Gasteiger partial charge in [-0.15, -0.1) is 0 Å². The summed E-state index contributed by atoms with van der Waals surface area (Å²) < 4.78 is 5.01. The highest BCUT2D eigenvalue weighted by Gasteiger charge is 2.39. The second-order valence-corrected chi connectivity index (χ2v) is 7.03. The number of esters is 1. The lowest BCUT2D eigenvalue weighted by Crippen LogP contribution is -2.54. The third kappa shape index (κ3) is 4.66. The maximum Gasteiger partial charge on any atom is 0.325 e. The van der Waals surface area contributed by atoms with Gasteiger partial charge >= 0.3 is 5.97 Å². The topological polar surface area (TPSA) is 44.8 Å². The molecule has 1 saturated heterocycles. The average molecular weight is 297 g/mol. The van der Waals surface area contributed by atoms with Crippen LogP contribution in [0, 0.1) is 0 Å². The molecule has 0 amide bonds. The van der Waals surface area contributed by atoms with Gasteiger partial charge in [-0.2, -0.15) is 0 Å². The van der Waals surface area contributed by atoms with E-state index in [1.165, 1.54) is 39.3 Å². The van der Waals surface area contributed by atoms with Crippen molar-refractivity contribution in [3.8, 4) is 0 Å². The van der Waals surface area contributed by atoms with Crippen LogP contribution in [0.1, 0.15) is 39.0 Å². The molecule has 122 valence electrons. The number of likely N-dealkylation sites (tertiary alicyclic amines) is 1. The van der Waals surface area contributed by atoms with Gasteiger partial charge in [0.05, 0.1) is 7.11 Å². The van der Waals surface area contributed by atoms with Crippen molar-refractivity contribution in [1.29, 1.82) is 0 Å². The predicted octanol–water partition coefficient (Wildman–Crippen LogP) is 1.09. The fourth-order valence-electron chi connectivity index (χ4n) is 3.22. The Morgan fingerprint density at radius 2 is 2.14 bits per heavy atom. The smallest absolute Gasteiger partial charge is 0.325 e. The first-order valence-electron chi connectivity index (χ1n) is 8.19. The normalized spacial score (nSPS) is 26.6. The van der Waals surface area contributed by atoms with E-state index in [4.69, 9.17) is 4.74 Å². The summed E-state index contributed by atoms with van der Waals surface area (Å²) in [6, 6.07) is 1.10. The van der Waals surface area contributed by atoms with Gasteiger partial charge < -0.3 is 14.5 Å². The van der Waals surface area contributed by atoms with Gasteiger partial charge in [0.1, 0.15) is 5.54 Å². The summed E-state index contributed by atoms with van der Waals surface area (Å²) >= 11 is 0. The van der Waals surface area contributed by atoms with Crippen molar-refractivity contribution in [2.75, 3.05) is 40.8 Å². The highest BCUT2D eigenvalue weighted by molar-refractivity contribution is 5.80. The molecule has 1 N–H and O–H groups in total. The largest absolute Gasteiger partial charge is 0.468 e. The van der Waals surface area contributed by atoms with Crippen molar-refractivity contribution >= 4 is 5.97 Å². The number of carbonyl (C=O) groups is 1. The molecule has 0 spiro atoms. The first-order chi connectivity index (χ1) is 9.94. The summed E-state index contributed by atoms with van der Waals surface area (Å²) in [4.78, 5) is 16.9. The quantitative estimate of drug-likeness (QED) is 0.713. The molecule has 0 aromatic heterocycles. The second kappa shape index (κ2) is 7.07. The molecule has 0 aromatic carbocycles.